The highest BCUT2D eigenvalue weighted by Gasteiger charge is 2.65. The van der Waals surface area contributed by atoms with Crippen LogP contribution in [-0.2, 0) is 9.59 Å². The molecule has 0 saturated heterocycles. The first-order valence-electron chi connectivity index (χ1n) is 8.81. The van der Waals surface area contributed by atoms with E-state index in [2.05, 4.69) is 13.8 Å². The van der Waals surface area contributed by atoms with E-state index in [0.29, 0.717) is 31.0 Å². The Bertz CT molecular complexity index is 591. The van der Waals surface area contributed by atoms with Crippen molar-refractivity contribution in [3.8, 4) is 0 Å². The van der Waals surface area contributed by atoms with E-state index in [1.807, 2.05) is 6.08 Å². The minimum atomic E-state index is -0.730. The molecule has 4 aliphatic carbocycles. The molecule has 22 heavy (non-hydrogen) atoms. The van der Waals surface area contributed by atoms with Crippen molar-refractivity contribution in [3.05, 3.63) is 11.6 Å². The quantitative estimate of drug-likeness (QED) is 0.747. The molecule has 5 atom stereocenters. The minimum absolute atomic E-state index is 0.209. The largest absolute Gasteiger partial charge is 0.389 e. The average molecular weight is 302 g/mol. The zero-order valence-electron chi connectivity index (χ0n) is 13.7. The number of Topliss-reactive ketones (excluding diaryl/α,β-unsaturated/α-hetero) is 1. The van der Waals surface area contributed by atoms with Crippen molar-refractivity contribution in [1.29, 1.82) is 0 Å². The summed E-state index contributed by atoms with van der Waals surface area (Å²) >= 11 is 0. The highest BCUT2D eigenvalue weighted by atomic mass is 16.3. The van der Waals surface area contributed by atoms with Crippen LogP contribution >= 0.6 is 0 Å². The first kappa shape index (κ1) is 14.6. The molecule has 3 fully saturated rings. The lowest BCUT2D eigenvalue weighted by molar-refractivity contribution is -0.188. The maximum atomic E-state index is 12.4. The van der Waals surface area contributed by atoms with Crippen molar-refractivity contribution in [2.24, 2.45) is 22.7 Å². The lowest BCUT2D eigenvalue weighted by atomic mass is 9.45. The molecule has 3 saturated carbocycles. The highest BCUT2D eigenvalue weighted by Crippen LogP contribution is 2.66. The van der Waals surface area contributed by atoms with Gasteiger partial charge in [0.05, 0.1) is 5.60 Å². The minimum Gasteiger partial charge on any atom is -0.389 e. The third-order valence-corrected chi connectivity index (χ3v) is 7.86. The SMILES string of the molecule is C[C@]12CC[C@]3(O)[C@@H](CCC4=CC(=O)CC[C@]43C)[C@@H]1CCC2=O. The summed E-state index contributed by atoms with van der Waals surface area (Å²) in [6, 6.07) is 0. The fourth-order valence-electron chi connectivity index (χ4n) is 6.27. The fraction of sp³-hybridized carbons (Fsp3) is 0.789. The van der Waals surface area contributed by atoms with Gasteiger partial charge in [-0.3, -0.25) is 9.59 Å². The van der Waals surface area contributed by atoms with Crippen LogP contribution in [0.25, 0.3) is 0 Å². The number of carbonyl (C=O) groups is 2. The Morgan fingerprint density at radius 1 is 1.00 bits per heavy atom. The van der Waals surface area contributed by atoms with Crippen LogP contribution in [0.1, 0.15) is 65.2 Å². The maximum Gasteiger partial charge on any atom is 0.155 e. The summed E-state index contributed by atoms with van der Waals surface area (Å²) in [7, 11) is 0. The van der Waals surface area contributed by atoms with Crippen molar-refractivity contribution in [1.82, 2.24) is 0 Å². The molecule has 4 rings (SSSR count). The van der Waals surface area contributed by atoms with Crippen molar-refractivity contribution in [3.63, 3.8) is 0 Å². The van der Waals surface area contributed by atoms with E-state index in [-0.39, 0.29) is 22.5 Å². The lowest BCUT2D eigenvalue weighted by Crippen LogP contribution is -2.63. The van der Waals surface area contributed by atoms with Crippen molar-refractivity contribution < 1.29 is 14.7 Å². The number of aliphatic hydroxyl groups is 1. The Morgan fingerprint density at radius 2 is 1.73 bits per heavy atom. The monoisotopic (exact) mass is 302 g/mol. The van der Waals surface area contributed by atoms with Gasteiger partial charge in [-0.05, 0) is 56.4 Å². The number of rotatable bonds is 0. The Morgan fingerprint density at radius 3 is 2.50 bits per heavy atom. The van der Waals surface area contributed by atoms with Gasteiger partial charge in [0.25, 0.3) is 0 Å². The van der Waals surface area contributed by atoms with E-state index in [9.17, 15) is 14.7 Å². The van der Waals surface area contributed by atoms with Gasteiger partial charge in [0, 0.05) is 23.7 Å². The molecule has 0 heterocycles. The third-order valence-electron chi connectivity index (χ3n) is 7.86. The first-order chi connectivity index (χ1) is 10.3. The number of hydrogen-bond donors (Lipinski definition) is 1. The van der Waals surface area contributed by atoms with Gasteiger partial charge in [-0.25, -0.2) is 0 Å². The molecule has 0 spiro atoms. The molecule has 0 aromatic heterocycles. The van der Waals surface area contributed by atoms with Gasteiger partial charge in [-0.2, -0.15) is 0 Å². The molecule has 3 heteroatoms. The molecule has 0 aromatic carbocycles. The Hall–Kier alpha value is -0.960. The molecule has 0 amide bonds. The predicted molar refractivity (Wildman–Crippen MR) is 83.2 cm³/mol. The summed E-state index contributed by atoms with van der Waals surface area (Å²) < 4.78 is 0. The Kier molecular flexibility index (Phi) is 2.87. The van der Waals surface area contributed by atoms with Crippen molar-refractivity contribution >= 4 is 11.6 Å². The van der Waals surface area contributed by atoms with Crippen LogP contribution in [0.3, 0.4) is 0 Å². The van der Waals surface area contributed by atoms with Crippen LogP contribution in [0.5, 0.6) is 0 Å². The molecular weight excluding hydrogens is 276 g/mol. The van der Waals surface area contributed by atoms with Gasteiger partial charge < -0.3 is 5.11 Å². The van der Waals surface area contributed by atoms with E-state index in [4.69, 9.17) is 0 Å². The van der Waals surface area contributed by atoms with Crippen molar-refractivity contribution in [2.45, 2.75) is 70.8 Å². The summed E-state index contributed by atoms with van der Waals surface area (Å²) in [5, 5.41) is 11.7. The summed E-state index contributed by atoms with van der Waals surface area (Å²) in [5.41, 5.74) is -0.0436. The Balaban J connectivity index is 1.78. The topological polar surface area (TPSA) is 54.4 Å². The molecule has 120 valence electrons. The number of carbonyl (C=O) groups excluding carboxylic acids is 2. The molecule has 0 bridgehead atoms. The van der Waals surface area contributed by atoms with Gasteiger partial charge in [0.2, 0.25) is 0 Å². The second-order valence-corrected chi connectivity index (χ2v) is 8.52. The average Bonchev–Trinajstić information content (AvgIpc) is 2.77. The van der Waals surface area contributed by atoms with Crippen LogP contribution < -0.4 is 0 Å². The first-order valence-corrected chi connectivity index (χ1v) is 8.81. The summed E-state index contributed by atoms with van der Waals surface area (Å²) in [6.45, 7) is 4.29. The van der Waals surface area contributed by atoms with Crippen LogP contribution in [0.15, 0.2) is 11.6 Å². The maximum absolute atomic E-state index is 12.4. The normalized spacial score (nSPS) is 51.0. The molecule has 3 nitrogen and oxygen atoms in total. The summed E-state index contributed by atoms with van der Waals surface area (Å²) in [5.74, 6) is 1.17. The number of ketones is 2. The molecular formula is C19H26O3. The van der Waals surface area contributed by atoms with E-state index in [0.717, 1.165) is 37.7 Å². The van der Waals surface area contributed by atoms with Crippen LogP contribution in [0.4, 0.5) is 0 Å². The zero-order chi connectivity index (χ0) is 15.8. The van der Waals surface area contributed by atoms with Crippen molar-refractivity contribution in [2.75, 3.05) is 0 Å². The lowest BCUT2D eigenvalue weighted by Gasteiger charge is -2.61. The number of hydrogen-bond acceptors (Lipinski definition) is 3. The van der Waals surface area contributed by atoms with Crippen LogP contribution in [-0.4, -0.2) is 22.3 Å². The van der Waals surface area contributed by atoms with E-state index in [1.54, 1.807) is 0 Å². The standard InChI is InChI=1S/C19H26O3/c1-17-9-10-19(22)15(14(17)5-6-16(17)21)4-3-12-11-13(20)7-8-18(12,19)2/h11,14-15,22H,3-10H2,1-2H3/t14-,15-,17-,18+,19-/m0/s1. The number of fused-ring (bicyclic) bond motifs is 5. The van der Waals surface area contributed by atoms with Gasteiger partial charge in [0.15, 0.2) is 5.78 Å². The van der Waals surface area contributed by atoms with Gasteiger partial charge in [0.1, 0.15) is 5.78 Å². The molecule has 0 aliphatic heterocycles. The molecule has 0 radical (unpaired) electrons. The molecule has 4 aliphatic rings. The van der Waals surface area contributed by atoms with Gasteiger partial charge >= 0.3 is 0 Å². The zero-order valence-corrected chi connectivity index (χ0v) is 13.7. The molecule has 1 N–H and O–H groups in total. The van der Waals surface area contributed by atoms with Crippen LogP contribution in [0, 0.1) is 22.7 Å². The summed E-state index contributed by atoms with van der Waals surface area (Å²) in [4.78, 5) is 24.2. The molecule has 0 unspecified atom stereocenters. The van der Waals surface area contributed by atoms with E-state index >= 15 is 0 Å². The van der Waals surface area contributed by atoms with Gasteiger partial charge in [-0.15, -0.1) is 0 Å². The van der Waals surface area contributed by atoms with Crippen LogP contribution in [0.2, 0.25) is 0 Å². The Labute approximate surface area is 132 Å². The van der Waals surface area contributed by atoms with E-state index in [1.165, 1.54) is 0 Å². The second kappa shape index (κ2) is 4.31. The summed E-state index contributed by atoms with van der Waals surface area (Å²) in [6.07, 6.45) is 8.11. The predicted octanol–water partition coefficient (Wildman–Crippen LogP) is 3.20. The highest BCUT2D eigenvalue weighted by molar-refractivity contribution is 5.92. The smallest absolute Gasteiger partial charge is 0.155 e. The third kappa shape index (κ3) is 1.56. The molecule has 0 aromatic rings. The van der Waals surface area contributed by atoms with E-state index < -0.39 is 5.60 Å². The second-order valence-electron chi connectivity index (χ2n) is 8.52. The van der Waals surface area contributed by atoms with Gasteiger partial charge in [-0.1, -0.05) is 19.4 Å². The fourth-order valence-corrected chi connectivity index (χ4v) is 6.27.